The van der Waals surface area contributed by atoms with Crippen molar-refractivity contribution in [3.8, 4) is 11.5 Å². The second-order valence-electron chi connectivity index (χ2n) is 5.50. The van der Waals surface area contributed by atoms with Gasteiger partial charge in [0.1, 0.15) is 5.37 Å². The van der Waals surface area contributed by atoms with Crippen LogP contribution in [0.25, 0.3) is 0 Å². The Morgan fingerprint density at radius 2 is 2.10 bits per heavy atom. The molecule has 1 aromatic rings. The van der Waals surface area contributed by atoms with Crippen molar-refractivity contribution < 1.29 is 14.3 Å². The fourth-order valence-electron chi connectivity index (χ4n) is 2.93. The minimum absolute atomic E-state index is 0.137. The molecule has 0 radical (unpaired) electrons. The number of rotatable bonds is 2. The Hall–Kier alpha value is -1.36. The van der Waals surface area contributed by atoms with Crippen LogP contribution in [0.15, 0.2) is 18.2 Å². The SMILES string of the molecule is O=C(C1CCC1)N1CCSC1c1ccc2c(c1)OCO2. The summed E-state index contributed by atoms with van der Waals surface area (Å²) >= 11 is 1.84. The van der Waals surface area contributed by atoms with E-state index in [2.05, 4.69) is 6.07 Å². The van der Waals surface area contributed by atoms with Crippen LogP contribution in [0.2, 0.25) is 0 Å². The lowest BCUT2D eigenvalue weighted by molar-refractivity contribution is -0.138. The standard InChI is InChI=1S/C15H17NO3S/c17-14(10-2-1-3-10)16-6-7-20-15(16)11-4-5-12-13(8-11)19-9-18-12/h4-5,8,10,15H,1-3,6-7,9H2. The maximum atomic E-state index is 12.5. The fraction of sp³-hybridized carbons (Fsp3) is 0.533. The van der Waals surface area contributed by atoms with Crippen molar-refractivity contribution in [3.05, 3.63) is 23.8 Å². The molecule has 2 fully saturated rings. The Bertz CT molecular complexity index is 544. The van der Waals surface area contributed by atoms with E-state index in [9.17, 15) is 4.79 Å². The van der Waals surface area contributed by atoms with E-state index in [1.807, 2.05) is 28.8 Å². The van der Waals surface area contributed by atoms with Gasteiger partial charge in [-0.05, 0) is 30.5 Å². The number of amides is 1. The highest BCUT2D eigenvalue weighted by Gasteiger charge is 2.37. The summed E-state index contributed by atoms with van der Waals surface area (Å²) in [7, 11) is 0. The molecule has 0 spiro atoms. The fourth-order valence-corrected chi connectivity index (χ4v) is 4.18. The zero-order chi connectivity index (χ0) is 13.5. The van der Waals surface area contributed by atoms with E-state index in [1.165, 1.54) is 6.42 Å². The van der Waals surface area contributed by atoms with Gasteiger partial charge >= 0.3 is 0 Å². The number of ether oxygens (including phenoxy) is 2. The van der Waals surface area contributed by atoms with E-state index < -0.39 is 0 Å². The Morgan fingerprint density at radius 3 is 2.90 bits per heavy atom. The quantitative estimate of drug-likeness (QED) is 0.840. The molecule has 20 heavy (non-hydrogen) atoms. The van der Waals surface area contributed by atoms with E-state index >= 15 is 0 Å². The molecule has 0 aromatic heterocycles. The zero-order valence-electron chi connectivity index (χ0n) is 11.2. The molecule has 1 aliphatic carbocycles. The van der Waals surface area contributed by atoms with Gasteiger partial charge in [0.2, 0.25) is 12.7 Å². The summed E-state index contributed by atoms with van der Waals surface area (Å²) in [6.07, 6.45) is 3.33. The predicted molar refractivity (Wildman–Crippen MR) is 76.8 cm³/mol. The third kappa shape index (κ3) is 1.95. The van der Waals surface area contributed by atoms with Crippen molar-refractivity contribution in [3.63, 3.8) is 0 Å². The van der Waals surface area contributed by atoms with E-state index in [1.54, 1.807) is 0 Å². The van der Waals surface area contributed by atoms with Crippen LogP contribution in [0.3, 0.4) is 0 Å². The first-order valence-corrected chi connectivity index (χ1v) is 8.19. The van der Waals surface area contributed by atoms with Crippen LogP contribution in [0.1, 0.15) is 30.2 Å². The summed E-state index contributed by atoms with van der Waals surface area (Å²) in [5.74, 6) is 3.21. The summed E-state index contributed by atoms with van der Waals surface area (Å²) < 4.78 is 10.8. The molecule has 1 atom stereocenters. The van der Waals surface area contributed by atoms with Gasteiger partial charge in [-0.15, -0.1) is 11.8 Å². The van der Waals surface area contributed by atoms with Crippen molar-refractivity contribution in [2.75, 3.05) is 19.1 Å². The van der Waals surface area contributed by atoms with Gasteiger partial charge in [-0.2, -0.15) is 0 Å². The number of carbonyl (C=O) groups is 1. The summed E-state index contributed by atoms with van der Waals surface area (Å²) in [6, 6.07) is 6.02. The molecule has 106 valence electrons. The molecular weight excluding hydrogens is 274 g/mol. The van der Waals surface area contributed by atoms with Gasteiger partial charge in [0.05, 0.1) is 0 Å². The van der Waals surface area contributed by atoms with Gasteiger partial charge in [-0.3, -0.25) is 4.79 Å². The number of nitrogens with zero attached hydrogens (tertiary/aromatic N) is 1. The molecule has 1 saturated carbocycles. The first kappa shape index (κ1) is 12.4. The Morgan fingerprint density at radius 1 is 1.25 bits per heavy atom. The van der Waals surface area contributed by atoms with Gasteiger partial charge in [0.25, 0.3) is 0 Å². The van der Waals surface area contributed by atoms with E-state index in [4.69, 9.17) is 9.47 Å². The van der Waals surface area contributed by atoms with Gasteiger partial charge in [-0.1, -0.05) is 12.5 Å². The van der Waals surface area contributed by atoms with Crippen molar-refractivity contribution in [2.24, 2.45) is 5.92 Å². The lowest BCUT2D eigenvalue weighted by Gasteiger charge is -2.32. The molecule has 0 N–H and O–H groups in total. The molecule has 1 unspecified atom stereocenters. The van der Waals surface area contributed by atoms with Crippen molar-refractivity contribution in [1.29, 1.82) is 0 Å². The lowest BCUT2D eigenvalue weighted by Crippen LogP contribution is -2.38. The predicted octanol–water partition coefficient (Wildman–Crippen LogP) is 2.79. The van der Waals surface area contributed by atoms with Gasteiger partial charge in [0, 0.05) is 18.2 Å². The van der Waals surface area contributed by atoms with Crippen molar-refractivity contribution in [1.82, 2.24) is 4.90 Å². The minimum Gasteiger partial charge on any atom is -0.454 e. The van der Waals surface area contributed by atoms with Gasteiger partial charge in [0.15, 0.2) is 11.5 Å². The van der Waals surface area contributed by atoms with Crippen LogP contribution >= 0.6 is 11.8 Å². The summed E-state index contributed by atoms with van der Waals surface area (Å²) in [4.78, 5) is 14.5. The highest BCUT2D eigenvalue weighted by molar-refractivity contribution is 7.99. The van der Waals surface area contributed by atoms with Crippen molar-refractivity contribution in [2.45, 2.75) is 24.6 Å². The van der Waals surface area contributed by atoms with Crippen molar-refractivity contribution >= 4 is 17.7 Å². The van der Waals surface area contributed by atoms with E-state index in [0.717, 1.165) is 42.2 Å². The van der Waals surface area contributed by atoms with Gasteiger partial charge in [-0.25, -0.2) is 0 Å². The molecule has 2 aliphatic heterocycles. The first-order chi connectivity index (χ1) is 9.83. The molecule has 5 heteroatoms. The largest absolute Gasteiger partial charge is 0.454 e. The number of hydrogen-bond acceptors (Lipinski definition) is 4. The molecule has 2 heterocycles. The van der Waals surface area contributed by atoms with Crippen LogP contribution in [0, 0.1) is 5.92 Å². The maximum absolute atomic E-state index is 12.5. The highest BCUT2D eigenvalue weighted by Crippen LogP contribution is 2.44. The normalized spacial score (nSPS) is 24.8. The molecular formula is C15H17NO3S. The van der Waals surface area contributed by atoms with Crippen LogP contribution in [0.5, 0.6) is 11.5 Å². The second kappa shape index (κ2) is 4.88. The summed E-state index contributed by atoms with van der Waals surface area (Å²) in [5.41, 5.74) is 1.14. The smallest absolute Gasteiger partial charge is 0.231 e. The van der Waals surface area contributed by atoms with E-state index in [-0.39, 0.29) is 11.3 Å². The van der Waals surface area contributed by atoms with Crippen LogP contribution in [-0.4, -0.2) is 29.9 Å². The molecule has 4 rings (SSSR count). The monoisotopic (exact) mass is 291 g/mol. The third-order valence-electron chi connectivity index (χ3n) is 4.31. The topological polar surface area (TPSA) is 38.8 Å². The minimum atomic E-state index is 0.137. The number of carbonyl (C=O) groups excluding carboxylic acids is 1. The molecule has 3 aliphatic rings. The van der Waals surface area contributed by atoms with Crippen LogP contribution in [0.4, 0.5) is 0 Å². The summed E-state index contributed by atoms with van der Waals surface area (Å²) in [6.45, 7) is 1.15. The maximum Gasteiger partial charge on any atom is 0.231 e. The first-order valence-electron chi connectivity index (χ1n) is 7.14. The van der Waals surface area contributed by atoms with Crippen LogP contribution < -0.4 is 9.47 Å². The second-order valence-corrected chi connectivity index (χ2v) is 6.68. The number of fused-ring (bicyclic) bond motifs is 1. The molecule has 4 nitrogen and oxygen atoms in total. The summed E-state index contributed by atoms with van der Waals surface area (Å²) in [5, 5.41) is 0.137. The molecule has 1 saturated heterocycles. The number of hydrogen-bond donors (Lipinski definition) is 0. The molecule has 1 amide bonds. The molecule has 0 bridgehead atoms. The Balaban J connectivity index is 1.58. The number of thioether (sulfide) groups is 1. The lowest BCUT2D eigenvalue weighted by atomic mass is 9.84. The Labute approximate surface area is 122 Å². The highest BCUT2D eigenvalue weighted by atomic mass is 32.2. The zero-order valence-corrected chi connectivity index (χ0v) is 12.0. The van der Waals surface area contributed by atoms with Crippen LogP contribution in [-0.2, 0) is 4.79 Å². The van der Waals surface area contributed by atoms with Gasteiger partial charge < -0.3 is 14.4 Å². The number of benzene rings is 1. The average molecular weight is 291 g/mol. The van der Waals surface area contributed by atoms with E-state index in [0.29, 0.717) is 12.7 Å². The third-order valence-corrected chi connectivity index (χ3v) is 5.57. The average Bonchev–Trinajstić information content (AvgIpc) is 3.04. The molecule has 1 aromatic carbocycles. The Kier molecular flexibility index (Phi) is 3.02.